The highest BCUT2D eigenvalue weighted by molar-refractivity contribution is 7.98. The lowest BCUT2D eigenvalue weighted by molar-refractivity contribution is 0.287. The molecule has 0 aliphatic carbocycles. The van der Waals surface area contributed by atoms with E-state index in [-0.39, 0.29) is 5.82 Å². The molecule has 0 aliphatic heterocycles. The van der Waals surface area contributed by atoms with Gasteiger partial charge < -0.3 is 4.74 Å². The van der Waals surface area contributed by atoms with Gasteiger partial charge in [-0.15, -0.1) is 16.8 Å². The van der Waals surface area contributed by atoms with Crippen molar-refractivity contribution in [2.75, 3.05) is 0 Å². The second kappa shape index (κ2) is 8.86. The molecule has 3 rings (SSSR count). The van der Waals surface area contributed by atoms with Crippen LogP contribution in [0.3, 0.4) is 0 Å². The third kappa shape index (κ3) is 4.98. The van der Waals surface area contributed by atoms with E-state index in [9.17, 15) is 4.39 Å². The van der Waals surface area contributed by atoms with Crippen LogP contribution in [0.2, 0.25) is 0 Å². The van der Waals surface area contributed by atoms with Crippen LogP contribution >= 0.6 is 11.8 Å². The number of ether oxygens (including phenoxy) is 1. The number of halogens is 1. The van der Waals surface area contributed by atoms with Crippen molar-refractivity contribution in [2.24, 2.45) is 0 Å². The van der Waals surface area contributed by atoms with Gasteiger partial charge in [-0.05, 0) is 48.7 Å². The standard InChI is InChI=1S/C21H22FN3OS/c1-4-10-25-20(13-26-19-11-15(2)8-9-16(19)3)23-24-21(25)27-14-17-6-5-7-18(22)12-17/h4-9,11-12H,1,10,13-14H2,2-3H3. The number of benzene rings is 2. The summed E-state index contributed by atoms with van der Waals surface area (Å²) in [5, 5.41) is 9.32. The van der Waals surface area contributed by atoms with Crippen LogP contribution in [-0.4, -0.2) is 14.8 Å². The van der Waals surface area contributed by atoms with Crippen LogP contribution in [0, 0.1) is 19.7 Å². The van der Waals surface area contributed by atoms with Crippen LogP contribution in [0.15, 0.2) is 60.3 Å². The lowest BCUT2D eigenvalue weighted by atomic mass is 10.1. The highest BCUT2D eigenvalue weighted by Crippen LogP contribution is 2.24. The average molecular weight is 383 g/mol. The second-order valence-electron chi connectivity index (χ2n) is 6.27. The summed E-state index contributed by atoms with van der Waals surface area (Å²) in [6, 6.07) is 12.7. The Balaban J connectivity index is 1.72. The van der Waals surface area contributed by atoms with E-state index < -0.39 is 0 Å². The highest BCUT2D eigenvalue weighted by Gasteiger charge is 2.13. The molecule has 0 radical (unpaired) electrons. The van der Waals surface area contributed by atoms with E-state index in [0.717, 1.165) is 33.4 Å². The predicted molar refractivity (Wildman–Crippen MR) is 106 cm³/mol. The van der Waals surface area contributed by atoms with Gasteiger partial charge in [-0.25, -0.2) is 4.39 Å². The fourth-order valence-corrected chi connectivity index (χ4v) is 3.53. The Labute approximate surface area is 163 Å². The van der Waals surface area contributed by atoms with Crippen molar-refractivity contribution >= 4 is 11.8 Å². The Bertz CT molecular complexity index is 939. The van der Waals surface area contributed by atoms with Gasteiger partial charge in [0, 0.05) is 12.3 Å². The van der Waals surface area contributed by atoms with Crippen LogP contribution in [-0.2, 0) is 18.9 Å². The lowest BCUT2D eigenvalue weighted by Crippen LogP contribution is -2.08. The molecule has 0 saturated heterocycles. The summed E-state index contributed by atoms with van der Waals surface area (Å²) < 4.78 is 21.3. The van der Waals surface area contributed by atoms with Crippen molar-refractivity contribution in [1.29, 1.82) is 0 Å². The molecule has 0 saturated carbocycles. The topological polar surface area (TPSA) is 39.9 Å². The maximum atomic E-state index is 13.3. The van der Waals surface area contributed by atoms with E-state index in [0.29, 0.717) is 18.9 Å². The van der Waals surface area contributed by atoms with Crippen LogP contribution in [0.5, 0.6) is 5.75 Å². The molecule has 27 heavy (non-hydrogen) atoms. The maximum absolute atomic E-state index is 13.3. The first-order valence-electron chi connectivity index (χ1n) is 8.67. The lowest BCUT2D eigenvalue weighted by Gasteiger charge is -2.11. The molecule has 1 heterocycles. The predicted octanol–water partition coefficient (Wildman–Crippen LogP) is 5.09. The van der Waals surface area contributed by atoms with Crippen molar-refractivity contribution < 1.29 is 9.13 Å². The first-order chi connectivity index (χ1) is 13.1. The molecule has 6 heteroatoms. The van der Waals surface area contributed by atoms with E-state index in [2.05, 4.69) is 22.8 Å². The molecule has 0 spiro atoms. The number of thioether (sulfide) groups is 1. The van der Waals surface area contributed by atoms with E-state index in [1.54, 1.807) is 12.1 Å². The quantitative estimate of drug-likeness (QED) is 0.401. The fraction of sp³-hybridized carbons (Fsp3) is 0.238. The van der Waals surface area contributed by atoms with Crippen LogP contribution in [0.1, 0.15) is 22.5 Å². The normalized spacial score (nSPS) is 10.8. The SMILES string of the molecule is C=CCn1c(COc2cc(C)ccc2C)nnc1SCc1cccc(F)c1. The summed E-state index contributed by atoms with van der Waals surface area (Å²) >= 11 is 1.52. The van der Waals surface area contributed by atoms with Crippen LogP contribution in [0.25, 0.3) is 0 Å². The van der Waals surface area contributed by atoms with Gasteiger partial charge in [0.25, 0.3) is 0 Å². The summed E-state index contributed by atoms with van der Waals surface area (Å²) in [6.07, 6.45) is 1.80. The Morgan fingerprint density at radius 2 is 2.04 bits per heavy atom. The summed E-state index contributed by atoms with van der Waals surface area (Å²) in [4.78, 5) is 0. The van der Waals surface area contributed by atoms with Gasteiger partial charge in [0.15, 0.2) is 11.0 Å². The summed E-state index contributed by atoms with van der Waals surface area (Å²) in [5.41, 5.74) is 3.13. The molecule has 0 atom stereocenters. The molecule has 0 bridgehead atoms. The summed E-state index contributed by atoms with van der Waals surface area (Å²) in [7, 11) is 0. The van der Waals surface area contributed by atoms with Gasteiger partial charge >= 0.3 is 0 Å². The smallest absolute Gasteiger partial charge is 0.191 e. The molecular formula is C21H22FN3OS. The number of allylic oxidation sites excluding steroid dienone is 1. The average Bonchev–Trinajstić information content (AvgIpc) is 3.03. The van der Waals surface area contributed by atoms with Gasteiger partial charge in [-0.3, -0.25) is 4.57 Å². The molecule has 1 aromatic heterocycles. The zero-order chi connectivity index (χ0) is 19.2. The molecule has 0 aliphatic rings. The number of hydrogen-bond acceptors (Lipinski definition) is 4. The molecule has 4 nitrogen and oxygen atoms in total. The van der Waals surface area contributed by atoms with Gasteiger partial charge in [-0.1, -0.05) is 42.1 Å². The van der Waals surface area contributed by atoms with Gasteiger partial charge in [0.05, 0.1) is 0 Å². The molecule has 0 fully saturated rings. The maximum Gasteiger partial charge on any atom is 0.191 e. The molecular weight excluding hydrogens is 361 g/mol. The molecule has 140 valence electrons. The fourth-order valence-electron chi connectivity index (χ4n) is 2.62. The first kappa shape index (κ1) is 19.2. The number of nitrogens with zero attached hydrogens (tertiary/aromatic N) is 3. The van der Waals surface area contributed by atoms with Gasteiger partial charge in [-0.2, -0.15) is 0 Å². The van der Waals surface area contributed by atoms with Crippen LogP contribution < -0.4 is 4.74 Å². The Kier molecular flexibility index (Phi) is 6.29. The molecule has 0 N–H and O–H groups in total. The largest absolute Gasteiger partial charge is 0.485 e. The summed E-state index contributed by atoms with van der Waals surface area (Å²) in [6.45, 7) is 8.78. The van der Waals surface area contributed by atoms with E-state index in [1.165, 1.54) is 23.9 Å². The third-order valence-electron chi connectivity index (χ3n) is 4.06. The minimum atomic E-state index is -0.233. The number of rotatable bonds is 8. The number of aromatic nitrogens is 3. The zero-order valence-electron chi connectivity index (χ0n) is 15.5. The molecule has 0 amide bonds. The van der Waals surface area contributed by atoms with Gasteiger partial charge in [0.2, 0.25) is 0 Å². The molecule has 0 unspecified atom stereocenters. The van der Waals surface area contributed by atoms with E-state index in [4.69, 9.17) is 4.74 Å². The molecule has 3 aromatic rings. The zero-order valence-corrected chi connectivity index (χ0v) is 16.3. The second-order valence-corrected chi connectivity index (χ2v) is 7.22. The summed E-state index contributed by atoms with van der Waals surface area (Å²) in [5.74, 6) is 1.96. The third-order valence-corrected chi connectivity index (χ3v) is 5.10. The van der Waals surface area contributed by atoms with Crippen molar-refractivity contribution in [3.05, 3.63) is 83.5 Å². The first-order valence-corrected chi connectivity index (χ1v) is 9.65. The monoisotopic (exact) mass is 383 g/mol. The minimum absolute atomic E-state index is 0.233. The highest BCUT2D eigenvalue weighted by atomic mass is 32.2. The van der Waals surface area contributed by atoms with Crippen molar-refractivity contribution in [2.45, 2.75) is 37.9 Å². The number of aryl methyl sites for hydroxylation is 2. The Morgan fingerprint density at radius 3 is 2.81 bits per heavy atom. The Hall–Kier alpha value is -2.60. The number of hydrogen-bond donors (Lipinski definition) is 0. The minimum Gasteiger partial charge on any atom is -0.485 e. The van der Waals surface area contributed by atoms with E-state index in [1.807, 2.05) is 36.6 Å². The van der Waals surface area contributed by atoms with Crippen molar-refractivity contribution in [3.8, 4) is 5.75 Å². The van der Waals surface area contributed by atoms with Gasteiger partial charge in [0.1, 0.15) is 18.2 Å². The Morgan fingerprint density at radius 1 is 1.19 bits per heavy atom. The van der Waals surface area contributed by atoms with Crippen molar-refractivity contribution in [3.63, 3.8) is 0 Å². The molecule has 2 aromatic carbocycles. The van der Waals surface area contributed by atoms with E-state index >= 15 is 0 Å². The van der Waals surface area contributed by atoms with Crippen LogP contribution in [0.4, 0.5) is 4.39 Å². The van der Waals surface area contributed by atoms with Crippen molar-refractivity contribution in [1.82, 2.24) is 14.8 Å².